The maximum absolute atomic E-state index is 4.17. The van der Waals surface area contributed by atoms with Crippen molar-refractivity contribution in [2.24, 2.45) is 12.0 Å². The molecular weight excluding hydrogens is 138 g/mol. The van der Waals surface area contributed by atoms with Gasteiger partial charge in [0.2, 0.25) is 6.42 Å². The molecule has 0 aliphatic carbocycles. The summed E-state index contributed by atoms with van der Waals surface area (Å²) in [5.41, 5.74) is 0.998. The molecule has 0 aromatic carbocycles. The number of allylic oxidation sites excluding steroid dienone is 1. The van der Waals surface area contributed by atoms with Crippen molar-refractivity contribution in [2.75, 3.05) is 0 Å². The van der Waals surface area contributed by atoms with Crippen LogP contribution in [0.4, 0.5) is 0 Å². The fourth-order valence-corrected chi connectivity index (χ4v) is 1.09. The summed E-state index contributed by atoms with van der Waals surface area (Å²) in [7, 11) is 1.96. The summed E-state index contributed by atoms with van der Waals surface area (Å²) in [6.07, 6.45) is 9.17. The van der Waals surface area contributed by atoms with Crippen molar-refractivity contribution in [1.82, 2.24) is 9.55 Å². The second kappa shape index (κ2) is 2.29. The molecule has 1 aromatic heterocycles. The minimum atomic E-state index is 0.783. The molecule has 11 heavy (non-hydrogen) atoms. The van der Waals surface area contributed by atoms with Crippen LogP contribution >= 0.6 is 0 Å². The molecule has 0 saturated carbocycles. The molecular formula is C8H8N3+. The molecule has 0 unspecified atom stereocenters. The zero-order valence-electron chi connectivity index (χ0n) is 6.28. The Morgan fingerprint density at radius 1 is 1.64 bits per heavy atom. The van der Waals surface area contributed by atoms with E-state index in [0.717, 1.165) is 18.0 Å². The number of aliphatic imine (C=N–C) groups is 1. The van der Waals surface area contributed by atoms with Gasteiger partial charge in [-0.1, -0.05) is 0 Å². The predicted octanol–water partition coefficient (Wildman–Crippen LogP) is 0.930. The van der Waals surface area contributed by atoms with Crippen LogP contribution in [-0.4, -0.2) is 15.3 Å². The smallest absolute Gasteiger partial charge is 0.268 e. The van der Waals surface area contributed by atoms with Crippen LogP contribution in [0.15, 0.2) is 23.6 Å². The molecule has 54 valence electrons. The van der Waals surface area contributed by atoms with Gasteiger partial charge in [0, 0.05) is 19.4 Å². The van der Waals surface area contributed by atoms with Crippen molar-refractivity contribution in [2.45, 2.75) is 6.42 Å². The Kier molecular flexibility index (Phi) is 1.30. The Balaban J connectivity index is 2.37. The van der Waals surface area contributed by atoms with Crippen LogP contribution in [0.2, 0.25) is 0 Å². The summed E-state index contributed by atoms with van der Waals surface area (Å²) in [6, 6.07) is 0. The van der Waals surface area contributed by atoms with E-state index in [4.69, 9.17) is 0 Å². The molecule has 0 amide bonds. The minimum Gasteiger partial charge on any atom is -0.333 e. The first-order valence-corrected chi connectivity index (χ1v) is 3.47. The summed E-state index contributed by atoms with van der Waals surface area (Å²) in [5.74, 6) is 0.936. The Bertz CT molecular complexity index is 320. The van der Waals surface area contributed by atoms with E-state index in [9.17, 15) is 0 Å². The second-order valence-electron chi connectivity index (χ2n) is 2.45. The van der Waals surface area contributed by atoms with Crippen molar-refractivity contribution in [3.8, 4) is 0 Å². The summed E-state index contributed by atoms with van der Waals surface area (Å²) >= 11 is 0. The van der Waals surface area contributed by atoms with Crippen molar-refractivity contribution in [3.63, 3.8) is 0 Å². The van der Waals surface area contributed by atoms with Crippen molar-refractivity contribution >= 4 is 5.71 Å². The van der Waals surface area contributed by atoms with E-state index in [2.05, 4.69) is 16.1 Å². The zero-order valence-corrected chi connectivity index (χ0v) is 6.28. The first-order chi connectivity index (χ1) is 5.38. The van der Waals surface area contributed by atoms with Gasteiger partial charge in [-0.3, -0.25) is 0 Å². The molecule has 0 atom stereocenters. The van der Waals surface area contributed by atoms with Crippen LogP contribution in [0.1, 0.15) is 12.2 Å². The largest absolute Gasteiger partial charge is 0.333 e. The van der Waals surface area contributed by atoms with Crippen LogP contribution in [-0.2, 0) is 7.05 Å². The molecule has 0 spiro atoms. The standard InChI is InChI=1S/C8H8N3/c1-11-6-5-10-8(11)7-3-2-4-9-7/h4-6H,3H2,1H3/q+1. The molecule has 0 radical (unpaired) electrons. The molecule has 0 N–H and O–H groups in total. The third-order valence-electron chi connectivity index (χ3n) is 1.66. The number of hydrogen-bond donors (Lipinski definition) is 0. The average Bonchev–Trinajstić information content (AvgIpc) is 2.55. The highest BCUT2D eigenvalue weighted by molar-refractivity contribution is 5.99. The van der Waals surface area contributed by atoms with Crippen LogP contribution in [0.3, 0.4) is 0 Å². The third-order valence-corrected chi connectivity index (χ3v) is 1.66. The highest BCUT2D eigenvalue weighted by Gasteiger charge is 2.17. The third kappa shape index (κ3) is 0.954. The molecule has 0 bridgehead atoms. The maximum atomic E-state index is 4.17. The van der Waals surface area contributed by atoms with E-state index >= 15 is 0 Å². The lowest BCUT2D eigenvalue weighted by Crippen LogP contribution is -2.05. The Labute approximate surface area is 65.1 Å². The average molecular weight is 146 g/mol. The molecule has 1 aliphatic heterocycles. The predicted molar refractivity (Wildman–Crippen MR) is 42.2 cm³/mol. The minimum absolute atomic E-state index is 0.783. The fourth-order valence-electron chi connectivity index (χ4n) is 1.09. The molecule has 3 heteroatoms. The van der Waals surface area contributed by atoms with Crippen LogP contribution in [0, 0.1) is 6.08 Å². The number of hydrogen-bond acceptors (Lipinski definition) is 2. The molecule has 0 saturated heterocycles. The normalized spacial score (nSPS) is 14.8. The number of aryl methyl sites for hydroxylation is 1. The number of rotatable bonds is 1. The monoisotopic (exact) mass is 146 g/mol. The van der Waals surface area contributed by atoms with Gasteiger partial charge < -0.3 is 4.57 Å². The van der Waals surface area contributed by atoms with Gasteiger partial charge in [0.15, 0.2) is 5.82 Å². The lowest BCUT2D eigenvalue weighted by Gasteiger charge is -1.95. The Morgan fingerprint density at radius 2 is 2.55 bits per heavy atom. The second-order valence-corrected chi connectivity index (χ2v) is 2.45. The van der Waals surface area contributed by atoms with Gasteiger partial charge in [-0.25, -0.2) is 9.98 Å². The molecule has 2 heterocycles. The van der Waals surface area contributed by atoms with E-state index in [1.165, 1.54) is 0 Å². The van der Waals surface area contributed by atoms with Gasteiger partial charge in [-0.15, -0.1) is 0 Å². The van der Waals surface area contributed by atoms with E-state index in [1.807, 2.05) is 17.8 Å². The quantitative estimate of drug-likeness (QED) is 0.542. The van der Waals surface area contributed by atoms with Crippen LogP contribution < -0.4 is 0 Å². The van der Waals surface area contributed by atoms with Gasteiger partial charge in [-0.2, -0.15) is 0 Å². The van der Waals surface area contributed by atoms with Gasteiger partial charge in [0.1, 0.15) is 5.71 Å². The summed E-state index contributed by atoms with van der Waals surface area (Å²) in [6.45, 7) is 0. The van der Waals surface area contributed by atoms with E-state index in [-0.39, 0.29) is 0 Å². The molecule has 3 nitrogen and oxygen atoms in total. The van der Waals surface area contributed by atoms with E-state index < -0.39 is 0 Å². The molecule has 1 aromatic rings. The first-order valence-electron chi connectivity index (χ1n) is 3.47. The lowest BCUT2D eigenvalue weighted by atomic mass is 10.3. The number of aromatic nitrogens is 2. The van der Waals surface area contributed by atoms with Crippen LogP contribution in [0.5, 0.6) is 0 Å². The first kappa shape index (κ1) is 6.25. The van der Waals surface area contributed by atoms with Crippen molar-refractivity contribution in [3.05, 3.63) is 30.5 Å². The zero-order chi connectivity index (χ0) is 7.68. The van der Waals surface area contributed by atoms with E-state index in [0.29, 0.717) is 0 Å². The van der Waals surface area contributed by atoms with Crippen molar-refractivity contribution < 1.29 is 0 Å². The van der Waals surface area contributed by atoms with Gasteiger partial charge in [-0.05, 0) is 0 Å². The number of nitrogens with zero attached hydrogens (tertiary/aromatic N) is 3. The van der Waals surface area contributed by atoms with Crippen molar-refractivity contribution in [1.29, 1.82) is 0 Å². The van der Waals surface area contributed by atoms with Gasteiger partial charge in [0.25, 0.3) is 12.3 Å². The molecule has 2 rings (SSSR count). The SMILES string of the molecule is Cn1ccnc1C1=NC=[C+]C1. The van der Waals surface area contributed by atoms with Crippen LogP contribution in [0.25, 0.3) is 0 Å². The maximum Gasteiger partial charge on any atom is 0.268 e. The topological polar surface area (TPSA) is 30.2 Å². The van der Waals surface area contributed by atoms with Gasteiger partial charge in [0.05, 0.1) is 0 Å². The Morgan fingerprint density at radius 3 is 3.09 bits per heavy atom. The highest BCUT2D eigenvalue weighted by atomic mass is 15.0. The summed E-state index contributed by atoms with van der Waals surface area (Å²) in [5, 5.41) is 0. The summed E-state index contributed by atoms with van der Waals surface area (Å²) < 4.78 is 1.96. The highest BCUT2D eigenvalue weighted by Crippen LogP contribution is 2.06. The Hall–Kier alpha value is -1.47. The fraction of sp³-hybridized carbons (Fsp3) is 0.250. The summed E-state index contributed by atoms with van der Waals surface area (Å²) in [4.78, 5) is 8.31. The number of imidazole rings is 1. The molecule has 1 aliphatic rings. The lowest BCUT2D eigenvalue weighted by molar-refractivity contribution is 0.894. The molecule has 0 fully saturated rings. The van der Waals surface area contributed by atoms with Gasteiger partial charge >= 0.3 is 0 Å². The van der Waals surface area contributed by atoms with E-state index in [1.54, 1.807) is 12.4 Å².